The molecule has 1 heterocycles. The Kier molecular flexibility index (Phi) is 4.38. The lowest BCUT2D eigenvalue weighted by molar-refractivity contribution is -0.375. The highest BCUT2D eigenvalue weighted by Gasteiger charge is 2.43. The van der Waals surface area contributed by atoms with Gasteiger partial charge < -0.3 is 4.74 Å². The predicted molar refractivity (Wildman–Crippen MR) is 69.8 cm³/mol. The van der Waals surface area contributed by atoms with Crippen LogP contribution in [0.3, 0.4) is 0 Å². The SMILES string of the molecule is CCCCC(C)(C)OOC1OC1c1ccccc1. The van der Waals surface area contributed by atoms with E-state index in [9.17, 15) is 0 Å². The van der Waals surface area contributed by atoms with Gasteiger partial charge in [0, 0.05) is 0 Å². The highest BCUT2D eigenvalue weighted by Crippen LogP contribution is 2.40. The highest BCUT2D eigenvalue weighted by molar-refractivity contribution is 5.20. The first kappa shape index (κ1) is 13.5. The third-order valence-corrected chi connectivity index (χ3v) is 3.08. The van der Waals surface area contributed by atoms with Crippen LogP contribution in [-0.2, 0) is 14.5 Å². The summed E-state index contributed by atoms with van der Waals surface area (Å²) in [6.45, 7) is 6.26. The zero-order valence-corrected chi connectivity index (χ0v) is 11.4. The molecule has 1 aliphatic rings. The van der Waals surface area contributed by atoms with Crippen molar-refractivity contribution in [3.05, 3.63) is 35.9 Å². The topological polar surface area (TPSA) is 31.0 Å². The highest BCUT2D eigenvalue weighted by atomic mass is 17.2. The van der Waals surface area contributed by atoms with Gasteiger partial charge in [-0.05, 0) is 25.8 Å². The normalized spacial score (nSPS) is 23.1. The van der Waals surface area contributed by atoms with Gasteiger partial charge in [-0.25, -0.2) is 9.78 Å². The Morgan fingerprint density at radius 2 is 1.94 bits per heavy atom. The van der Waals surface area contributed by atoms with Crippen molar-refractivity contribution in [2.24, 2.45) is 0 Å². The van der Waals surface area contributed by atoms with E-state index in [0.29, 0.717) is 0 Å². The average molecular weight is 250 g/mol. The van der Waals surface area contributed by atoms with Crippen LogP contribution in [0.25, 0.3) is 0 Å². The van der Waals surface area contributed by atoms with Crippen LogP contribution in [0.1, 0.15) is 51.7 Å². The predicted octanol–water partition coefficient (Wildman–Crippen LogP) is 4.00. The third-order valence-electron chi connectivity index (χ3n) is 3.08. The molecule has 0 aromatic heterocycles. The molecule has 1 fully saturated rings. The molecule has 0 radical (unpaired) electrons. The zero-order valence-electron chi connectivity index (χ0n) is 11.4. The van der Waals surface area contributed by atoms with Gasteiger partial charge >= 0.3 is 0 Å². The molecule has 0 N–H and O–H groups in total. The van der Waals surface area contributed by atoms with E-state index in [1.165, 1.54) is 6.42 Å². The fourth-order valence-corrected chi connectivity index (χ4v) is 1.87. The lowest BCUT2D eigenvalue weighted by Crippen LogP contribution is -2.25. The molecule has 0 spiro atoms. The first-order valence-electron chi connectivity index (χ1n) is 6.67. The number of hydrogen-bond acceptors (Lipinski definition) is 3. The summed E-state index contributed by atoms with van der Waals surface area (Å²) in [5, 5.41) is 0. The molecule has 100 valence electrons. The molecule has 1 aromatic carbocycles. The zero-order chi connectivity index (χ0) is 13.0. The molecule has 3 nitrogen and oxygen atoms in total. The molecule has 1 aliphatic heterocycles. The lowest BCUT2D eigenvalue weighted by Gasteiger charge is -2.22. The lowest BCUT2D eigenvalue weighted by atomic mass is 10.0. The Bertz CT molecular complexity index is 361. The summed E-state index contributed by atoms with van der Waals surface area (Å²) in [6.07, 6.45) is 3.07. The maximum Gasteiger partial charge on any atom is 0.222 e. The summed E-state index contributed by atoms with van der Waals surface area (Å²) in [4.78, 5) is 10.8. The van der Waals surface area contributed by atoms with Crippen LogP contribution in [0.2, 0.25) is 0 Å². The summed E-state index contributed by atoms with van der Waals surface area (Å²) in [7, 11) is 0. The monoisotopic (exact) mass is 250 g/mol. The fraction of sp³-hybridized carbons (Fsp3) is 0.600. The van der Waals surface area contributed by atoms with E-state index < -0.39 is 0 Å². The summed E-state index contributed by atoms with van der Waals surface area (Å²) in [5.41, 5.74) is 0.890. The number of rotatable bonds is 7. The third kappa shape index (κ3) is 3.80. The Morgan fingerprint density at radius 3 is 2.61 bits per heavy atom. The molecule has 0 saturated carbocycles. The van der Waals surface area contributed by atoms with E-state index in [0.717, 1.165) is 18.4 Å². The van der Waals surface area contributed by atoms with Gasteiger partial charge in [0.2, 0.25) is 6.29 Å². The Morgan fingerprint density at radius 1 is 1.22 bits per heavy atom. The fourth-order valence-electron chi connectivity index (χ4n) is 1.87. The maximum absolute atomic E-state index is 5.48. The molecule has 1 aromatic rings. The van der Waals surface area contributed by atoms with Crippen LogP contribution in [0.4, 0.5) is 0 Å². The van der Waals surface area contributed by atoms with Crippen molar-refractivity contribution in [3.63, 3.8) is 0 Å². The van der Waals surface area contributed by atoms with Gasteiger partial charge in [0.15, 0.2) is 0 Å². The molecule has 3 heteroatoms. The van der Waals surface area contributed by atoms with Crippen molar-refractivity contribution in [2.45, 2.75) is 58.0 Å². The van der Waals surface area contributed by atoms with E-state index in [4.69, 9.17) is 14.5 Å². The summed E-state index contributed by atoms with van der Waals surface area (Å²) >= 11 is 0. The van der Waals surface area contributed by atoms with Gasteiger partial charge in [0.25, 0.3) is 0 Å². The van der Waals surface area contributed by atoms with Crippen molar-refractivity contribution >= 4 is 0 Å². The van der Waals surface area contributed by atoms with Gasteiger partial charge in [-0.1, -0.05) is 50.1 Å². The minimum absolute atomic E-state index is 0.0215. The van der Waals surface area contributed by atoms with Crippen LogP contribution < -0.4 is 0 Å². The molecule has 18 heavy (non-hydrogen) atoms. The van der Waals surface area contributed by atoms with Gasteiger partial charge in [-0.2, -0.15) is 0 Å². The van der Waals surface area contributed by atoms with Crippen LogP contribution in [-0.4, -0.2) is 11.9 Å². The van der Waals surface area contributed by atoms with E-state index >= 15 is 0 Å². The Labute approximate surface area is 109 Å². The first-order chi connectivity index (χ1) is 8.62. The smallest absolute Gasteiger partial charge is 0.222 e. The summed E-state index contributed by atoms with van der Waals surface area (Å²) < 4.78 is 5.46. The average Bonchev–Trinajstić information content (AvgIpc) is 3.15. The molecular weight excluding hydrogens is 228 g/mol. The van der Waals surface area contributed by atoms with Crippen LogP contribution in [0, 0.1) is 0 Å². The standard InChI is InChI=1S/C15H22O3/c1-4-5-11-15(2,3)18-17-14-13(16-14)12-9-7-6-8-10-12/h6-10,13-14H,4-5,11H2,1-3H3. The van der Waals surface area contributed by atoms with E-state index in [2.05, 4.69) is 6.92 Å². The van der Waals surface area contributed by atoms with Crippen LogP contribution in [0.5, 0.6) is 0 Å². The van der Waals surface area contributed by atoms with Crippen molar-refractivity contribution in [1.82, 2.24) is 0 Å². The minimum atomic E-state index is -0.256. The summed E-state index contributed by atoms with van der Waals surface area (Å²) in [6, 6.07) is 10.1. The number of ether oxygens (including phenoxy) is 1. The molecule has 0 bridgehead atoms. The number of epoxide rings is 1. The molecule has 2 atom stereocenters. The molecule has 2 rings (SSSR count). The second-order valence-electron chi connectivity index (χ2n) is 5.38. The Hall–Kier alpha value is -0.900. The van der Waals surface area contributed by atoms with E-state index in [1.807, 2.05) is 44.2 Å². The molecular formula is C15H22O3. The molecule has 1 saturated heterocycles. The van der Waals surface area contributed by atoms with Gasteiger partial charge in [0.1, 0.15) is 6.10 Å². The molecule has 2 unspecified atom stereocenters. The number of unbranched alkanes of at least 4 members (excludes halogenated alkanes) is 1. The van der Waals surface area contributed by atoms with Crippen molar-refractivity contribution < 1.29 is 14.5 Å². The van der Waals surface area contributed by atoms with Crippen LogP contribution >= 0.6 is 0 Å². The van der Waals surface area contributed by atoms with Gasteiger partial charge in [-0.15, -0.1) is 0 Å². The van der Waals surface area contributed by atoms with Crippen molar-refractivity contribution in [2.75, 3.05) is 0 Å². The van der Waals surface area contributed by atoms with E-state index in [-0.39, 0.29) is 18.0 Å². The molecule has 0 aliphatic carbocycles. The van der Waals surface area contributed by atoms with E-state index in [1.54, 1.807) is 0 Å². The van der Waals surface area contributed by atoms with Gasteiger partial charge in [-0.3, -0.25) is 0 Å². The second-order valence-corrected chi connectivity index (χ2v) is 5.38. The minimum Gasteiger partial charge on any atom is -0.334 e. The summed E-state index contributed by atoms with van der Waals surface area (Å²) in [5.74, 6) is 0. The maximum atomic E-state index is 5.48. The van der Waals surface area contributed by atoms with Crippen molar-refractivity contribution in [1.29, 1.82) is 0 Å². The van der Waals surface area contributed by atoms with Gasteiger partial charge in [0.05, 0.1) is 5.60 Å². The van der Waals surface area contributed by atoms with Crippen molar-refractivity contribution in [3.8, 4) is 0 Å². The number of benzene rings is 1. The Balaban J connectivity index is 1.74. The largest absolute Gasteiger partial charge is 0.334 e. The first-order valence-corrected chi connectivity index (χ1v) is 6.67. The molecule has 0 amide bonds. The van der Waals surface area contributed by atoms with Crippen LogP contribution in [0.15, 0.2) is 30.3 Å². The number of hydrogen-bond donors (Lipinski definition) is 0. The second kappa shape index (κ2) is 5.83. The quantitative estimate of drug-likeness (QED) is 0.416.